The molecule has 0 aliphatic heterocycles. The van der Waals surface area contributed by atoms with Gasteiger partial charge in [-0.1, -0.05) is 12.1 Å². The summed E-state index contributed by atoms with van der Waals surface area (Å²) < 4.78 is 21.6. The highest BCUT2D eigenvalue weighted by Crippen LogP contribution is 2.21. The third kappa shape index (κ3) is 3.15. The van der Waals surface area contributed by atoms with E-state index >= 15 is 0 Å². The SMILES string of the molecule is NS(=O)(=O)CCNc1cccc2ccncc12. The molecule has 0 bridgehead atoms. The van der Waals surface area contributed by atoms with Gasteiger partial charge in [-0.2, -0.15) is 0 Å². The highest BCUT2D eigenvalue weighted by molar-refractivity contribution is 7.89. The topological polar surface area (TPSA) is 85.1 Å². The Hall–Kier alpha value is -1.66. The number of benzene rings is 1. The van der Waals surface area contributed by atoms with Crippen molar-refractivity contribution >= 4 is 26.5 Å². The minimum atomic E-state index is -3.43. The molecule has 3 N–H and O–H groups in total. The molecule has 0 aliphatic rings. The summed E-state index contributed by atoms with van der Waals surface area (Å²) >= 11 is 0. The van der Waals surface area contributed by atoms with E-state index in [2.05, 4.69) is 10.3 Å². The van der Waals surface area contributed by atoms with Crippen LogP contribution in [0.2, 0.25) is 0 Å². The number of nitrogens with two attached hydrogens (primary N) is 1. The van der Waals surface area contributed by atoms with E-state index < -0.39 is 10.0 Å². The van der Waals surface area contributed by atoms with Crippen molar-refractivity contribution in [1.29, 1.82) is 0 Å². The zero-order valence-electron chi connectivity index (χ0n) is 9.13. The second-order valence-corrected chi connectivity index (χ2v) is 5.43. The zero-order valence-corrected chi connectivity index (χ0v) is 9.94. The predicted molar refractivity (Wildman–Crippen MR) is 68.2 cm³/mol. The third-order valence-corrected chi connectivity index (χ3v) is 3.16. The van der Waals surface area contributed by atoms with Crippen LogP contribution in [0.1, 0.15) is 0 Å². The molecule has 0 fully saturated rings. The molecule has 0 radical (unpaired) electrons. The summed E-state index contributed by atoms with van der Waals surface area (Å²) in [6.45, 7) is 0.285. The molecule has 2 rings (SSSR count). The van der Waals surface area contributed by atoms with Gasteiger partial charge >= 0.3 is 0 Å². The Kier molecular flexibility index (Phi) is 3.26. The number of pyridine rings is 1. The van der Waals surface area contributed by atoms with Gasteiger partial charge in [0.05, 0.1) is 5.75 Å². The first-order chi connectivity index (χ1) is 8.06. The number of nitrogens with zero attached hydrogens (tertiary/aromatic N) is 1. The van der Waals surface area contributed by atoms with Crippen LogP contribution in [0, 0.1) is 0 Å². The van der Waals surface area contributed by atoms with Crippen LogP contribution in [0.15, 0.2) is 36.7 Å². The first kappa shape index (κ1) is 11.8. The van der Waals surface area contributed by atoms with E-state index in [4.69, 9.17) is 5.14 Å². The molecular formula is C11H13N3O2S. The van der Waals surface area contributed by atoms with Crippen LogP contribution >= 0.6 is 0 Å². The number of hydrogen-bond donors (Lipinski definition) is 2. The maximum Gasteiger partial charge on any atom is 0.210 e. The monoisotopic (exact) mass is 251 g/mol. The normalized spacial score (nSPS) is 11.6. The van der Waals surface area contributed by atoms with Crippen molar-refractivity contribution in [3.8, 4) is 0 Å². The van der Waals surface area contributed by atoms with Crippen LogP contribution < -0.4 is 10.5 Å². The minimum absolute atomic E-state index is 0.0936. The Bertz CT molecular complexity index is 620. The van der Waals surface area contributed by atoms with E-state index in [-0.39, 0.29) is 12.3 Å². The van der Waals surface area contributed by atoms with Gasteiger partial charge < -0.3 is 5.32 Å². The van der Waals surface area contributed by atoms with Gasteiger partial charge in [0.15, 0.2) is 0 Å². The fourth-order valence-electron chi connectivity index (χ4n) is 1.60. The van der Waals surface area contributed by atoms with Crippen molar-refractivity contribution in [2.24, 2.45) is 5.14 Å². The maximum absolute atomic E-state index is 10.8. The number of nitrogens with one attached hydrogen (secondary N) is 1. The lowest BCUT2D eigenvalue weighted by Gasteiger charge is -2.08. The second kappa shape index (κ2) is 4.68. The van der Waals surface area contributed by atoms with E-state index in [0.717, 1.165) is 16.5 Å². The number of fused-ring (bicyclic) bond motifs is 1. The van der Waals surface area contributed by atoms with Crippen molar-refractivity contribution in [2.75, 3.05) is 17.6 Å². The quantitative estimate of drug-likeness (QED) is 0.846. The van der Waals surface area contributed by atoms with Crippen molar-refractivity contribution in [1.82, 2.24) is 4.98 Å². The van der Waals surface area contributed by atoms with Gasteiger partial charge in [-0.15, -0.1) is 0 Å². The number of primary sulfonamides is 1. The molecule has 2 aromatic rings. The Balaban J connectivity index is 2.19. The number of sulfonamides is 1. The van der Waals surface area contributed by atoms with Gasteiger partial charge in [-0.25, -0.2) is 13.6 Å². The molecule has 0 saturated heterocycles. The van der Waals surface area contributed by atoms with Crippen molar-refractivity contribution in [2.45, 2.75) is 0 Å². The first-order valence-electron chi connectivity index (χ1n) is 5.13. The molecule has 0 unspecified atom stereocenters. The Morgan fingerprint density at radius 2 is 2.12 bits per heavy atom. The lowest BCUT2D eigenvalue weighted by atomic mass is 10.1. The van der Waals surface area contributed by atoms with Gasteiger partial charge in [0.1, 0.15) is 0 Å². The van der Waals surface area contributed by atoms with Gasteiger partial charge in [0.2, 0.25) is 10.0 Å². The lowest BCUT2D eigenvalue weighted by molar-refractivity contribution is 0.598. The molecule has 0 atom stereocenters. The van der Waals surface area contributed by atoms with E-state index in [0.29, 0.717) is 0 Å². The molecular weight excluding hydrogens is 238 g/mol. The van der Waals surface area contributed by atoms with Crippen molar-refractivity contribution < 1.29 is 8.42 Å². The second-order valence-electron chi connectivity index (χ2n) is 3.70. The minimum Gasteiger partial charge on any atom is -0.383 e. The fourth-order valence-corrected chi connectivity index (χ4v) is 1.98. The molecule has 0 aliphatic carbocycles. The molecule has 1 aromatic carbocycles. The molecule has 1 aromatic heterocycles. The molecule has 0 amide bonds. The van der Waals surface area contributed by atoms with Crippen molar-refractivity contribution in [3.05, 3.63) is 36.7 Å². The Morgan fingerprint density at radius 1 is 1.29 bits per heavy atom. The van der Waals surface area contributed by atoms with Gasteiger partial charge in [-0.3, -0.25) is 4.98 Å². The molecule has 90 valence electrons. The van der Waals surface area contributed by atoms with Crippen LogP contribution in [0.3, 0.4) is 0 Å². The Morgan fingerprint density at radius 3 is 2.88 bits per heavy atom. The summed E-state index contributed by atoms with van der Waals surface area (Å²) in [5.74, 6) is -0.0936. The van der Waals surface area contributed by atoms with Crippen LogP contribution in [0.4, 0.5) is 5.69 Å². The van der Waals surface area contributed by atoms with E-state index in [9.17, 15) is 8.42 Å². The summed E-state index contributed by atoms with van der Waals surface area (Å²) in [4.78, 5) is 4.05. The Labute approximate surface area is 99.7 Å². The summed E-state index contributed by atoms with van der Waals surface area (Å²) in [6, 6.07) is 7.66. The zero-order chi connectivity index (χ0) is 12.3. The van der Waals surface area contributed by atoms with Crippen LogP contribution in [-0.4, -0.2) is 25.7 Å². The van der Waals surface area contributed by atoms with Crippen LogP contribution in [0.25, 0.3) is 10.8 Å². The number of rotatable bonds is 4. The van der Waals surface area contributed by atoms with Crippen LogP contribution in [-0.2, 0) is 10.0 Å². The molecule has 0 saturated carbocycles. The lowest BCUT2D eigenvalue weighted by Crippen LogP contribution is -2.22. The maximum atomic E-state index is 10.8. The largest absolute Gasteiger partial charge is 0.383 e. The van der Waals surface area contributed by atoms with E-state index in [1.54, 1.807) is 12.4 Å². The molecule has 6 heteroatoms. The summed E-state index contributed by atoms with van der Waals surface area (Å²) in [7, 11) is -3.43. The average molecular weight is 251 g/mol. The number of aromatic nitrogens is 1. The highest BCUT2D eigenvalue weighted by atomic mass is 32.2. The van der Waals surface area contributed by atoms with Gasteiger partial charge in [-0.05, 0) is 17.5 Å². The first-order valence-corrected chi connectivity index (χ1v) is 6.85. The van der Waals surface area contributed by atoms with Crippen molar-refractivity contribution in [3.63, 3.8) is 0 Å². The van der Waals surface area contributed by atoms with Gasteiger partial charge in [0.25, 0.3) is 0 Å². The average Bonchev–Trinajstić information content (AvgIpc) is 2.28. The molecule has 17 heavy (non-hydrogen) atoms. The van der Waals surface area contributed by atoms with E-state index in [1.165, 1.54) is 0 Å². The summed E-state index contributed by atoms with van der Waals surface area (Å²) in [6.07, 6.45) is 3.46. The van der Waals surface area contributed by atoms with Crippen LogP contribution in [0.5, 0.6) is 0 Å². The molecule has 1 heterocycles. The molecule has 5 nitrogen and oxygen atoms in total. The highest BCUT2D eigenvalue weighted by Gasteiger charge is 2.03. The van der Waals surface area contributed by atoms with E-state index in [1.807, 2.05) is 24.3 Å². The molecule has 0 spiro atoms. The fraction of sp³-hybridized carbons (Fsp3) is 0.182. The summed E-state index contributed by atoms with van der Waals surface area (Å²) in [5.41, 5.74) is 0.860. The number of hydrogen-bond acceptors (Lipinski definition) is 4. The predicted octanol–water partition coefficient (Wildman–Crippen LogP) is 0.935. The van der Waals surface area contributed by atoms with Gasteiger partial charge in [0, 0.05) is 30.0 Å². The standard InChI is InChI=1S/C11H13N3O2S/c12-17(15,16)7-6-14-11-3-1-2-9-4-5-13-8-10(9)11/h1-5,8,14H,6-7H2,(H2,12,15,16). The smallest absolute Gasteiger partial charge is 0.210 e. The summed E-state index contributed by atoms with van der Waals surface area (Å²) in [5, 5.41) is 10.00. The number of anilines is 1. The third-order valence-electron chi connectivity index (χ3n) is 2.39.